The smallest absolute Gasteiger partial charge is 0.329 e. The van der Waals surface area contributed by atoms with Crippen molar-refractivity contribution in [2.45, 2.75) is 38.1 Å². The third-order valence-electron chi connectivity index (χ3n) is 4.64. The summed E-state index contributed by atoms with van der Waals surface area (Å²) in [5.74, 6) is -1.40. The van der Waals surface area contributed by atoms with Crippen molar-refractivity contribution in [3.05, 3.63) is 0 Å². The first kappa shape index (κ1) is 16.2. The van der Waals surface area contributed by atoms with Crippen LogP contribution in [0.3, 0.4) is 0 Å². The summed E-state index contributed by atoms with van der Waals surface area (Å²) in [5.41, 5.74) is -1.12. The van der Waals surface area contributed by atoms with Gasteiger partial charge >= 0.3 is 5.97 Å². The molecule has 2 rings (SSSR count). The zero-order valence-electron chi connectivity index (χ0n) is 12.4. The van der Waals surface area contributed by atoms with Gasteiger partial charge < -0.3 is 10.0 Å². The lowest BCUT2D eigenvalue weighted by atomic mass is 9.93. The number of hydrogen-bond donors (Lipinski definition) is 1. The van der Waals surface area contributed by atoms with E-state index in [0.717, 1.165) is 6.26 Å². The Kier molecular flexibility index (Phi) is 4.30. The minimum Gasteiger partial charge on any atom is -0.480 e. The largest absolute Gasteiger partial charge is 0.480 e. The predicted octanol–water partition coefficient (Wildman–Crippen LogP) is 0.124. The lowest BCUT2D eigenvalue weighted by molar-refractivity contribution is -0.157. The number of aliphatic carboxylic acids is 1. The molecule has 0 aromatic heterocycles. The van der Waals surface area contributed by atoms with Crippen LogP contribution in [-0.4, -0.2) is 66.0 Å². The highest BCUT2D eigenvalue weighted by molar-refractivity contribution is 7.88. The summed E-state index contributed by atoms with van der Waals surface area (Å²) >= 11 is 0. The molecule has 0 saturated carbocycles. The fourth-order valence-electron chi connectivity index (χ4n) is 3.19. The van der Waals surface area contributed by atoms with E-state index in [4.69, 9.17) is 0 Å². The number of carbonyl (C=O) groups is 2. The number of piperidine rings is 1. The predicted molar refractivity (Wildman–Crippen MR) is 76.1 cm³/mol. The second-order valence-electron chi connectivity index (χ2n) is 6.11. The maximum Gasteiger partial charge on any atom is 0.329 e. The summed E-state index contributed by atoms with van der Waals surface area (Å²) in [4.78, 5) is 25.5. The molecule has 21 heavy (non-hydrogen) atoms. The Morgan fingerprint density at radius 1 is 1.19 bits per heavy atom. The number of carboxylic acid groups (broad SMARTS) is 1. The van der Waals surface area contributed by atoms with Crippen LogP contribution in [-0.2, 0) is 19.6 Å². The van der Waals surface area contributed by atoms with E-state index < -0.39 is 21.5 Å². The molecular formula is C13H22N2O5S. The van der Waals surface area contributed by atoms with Crippen LogP contribution in [0.5, 0.6) is 0 Å². The van der Waals surface area contributed by atoms with Crippen LogP contribution >= 0.6 is 0 Å². The van der Waals surface area contributed by atoms with E-state index in [1.807, 2.05) is 0 Å². The number of rotatable bonds is 3. The molecule has 0 aromatic carbocycles. The van der Waals surface area contributed by atoms with Gasteiger partial charge in [0, 0.05) is 25.6 Å². The molecule has 8 heteroatoms. The van der Waals surface area contributed by atoms with Gasteiger partial charge in [0.05, 0.1) is 6.26 Å². The molecule has 2 aliphatic rings. The number of nitrogens with zero attached hydrogens (tertiary/aromatic N) is 2. The monoisotopic (exact) mass is 318 g/mol. The van der Waals surface area contributed by atoms with Crippen LogP contribution in [0, 0.1) is 5.92 Å². The molecular weight excluding hydrogens is 296 g/mol. The summed E-state index contributed by atoms with van der Waals surface area (Å²) < 4.78 is 24.3. The summed E-state index contributed by atoms with van der Waals surface area (Å²) in [6, 6.07) is 0. The molecule has 0 radical (unpaired) electrons. The molecule has 0 bridgehead atoms. The third kappa shape index (κ3) is 3.06. The van der Waals surface area contributed by atoms with Gasteiger partial charge in [-0.25, -0.2) is 17.5 Å². The second kappa shape index (κ2) is 5.57. The first-order valence-corrected chi connectivity index (χ1v) is 9.01. The Hall–Kier alpha value is -1.15. The van der Waals surface area contributed by atoms with E-state index in [1.165, 1.54) is 9.21 Å². The standard InChI is InChI=1S/C13H22N2O5S/c1-13(12(17)18)6-3-7-15(13)11(16)10-4-8-14(9-5-10)21(2,19)20/h10H,3-9H2,1-2H3,(H,17,18). The minimum atomic E-state index is -3.22. The van der Waals surface area contributed by atoms with Gasteiger partial charge in [0.25, 0.3) is 0 Å². The van der Waals surface area contributed by atoms with Gasteiger partial charge in [0.2, 0.25) is 15.9 Å². The Morgan fingerprint density at radius 3 is 2.24 bits per heavy atom. The SMILES string of the molecule is CC1(C(=O)O)CCCN1C(=O)C1CCN(S(C)(=O)=O)CC1. The van der Waals surface area contributed by atoms with E-state index in [1.54, 1.807) is 6.92 Å². The van der Waals surface area contributed by atoms with Gasteiger partial charge in [-0.15, -0.1) is 0 Å². The van der Waals surface area contributed by atoms with Crippen LogP contribution in [0.15, 0.2) is 0 Å². The Labute approximate surface area is 125 Å². The molecule has 1 N–H and O–H groups in total. The molecule has 2 saturated heterocycles. The van der Waals surface area contributed by atoms with Crippen molar-refractivity contribution in [2.24, 2.45) is 5.92 Å². The van der Waals surface area contributed by atoms with Crippen molar-refractivity contribution in [1.82, 2.24) is 9.21 Å². The number of hydrogen-bond acceptors (Lipinski definition) is 4. The van der Waals surface area contributed by atoms with E-state index in [0.29, 0.717) is 45.3 Å². The molecule has 7 nitrogen and oxygen atoms in total. The van der Waals surface area contributed by atoms with Gasteiger partial charge in [-0.3, -0.25) is 4.79 Å². The van der Waals surface area contributed by atoms with Crippen molar-refractivity contribution in [1.29, 1.82) is 0 Å². The first-order chi connectivity index (χ1) is 9.66. The van der Waals surface area contributed by atoms with Crippen LogP contribution in [0.4, 0.5) is 0 Å². The molecule has 2 fully saturated rings. The minimum absolute atomic E-state index is 0.148. The molecule has 2 heterocycles. The summed E-state index contributed by atoms with van der Waals surface area (Å²) in [7, 11) is -3.22. The number of carboxylic acids is 1. The Morgan fingerprint density at radius 2 is 1.76 bits per heavy atom. The maximum atomic E-state index is 12.6. The molecule has 120 valence electrons. The first-order valence-electron chi connectivity index (χ1n) is 7.16. The molecule has 0 aromatic rings. The average molecular weight is 318 g/mol. The second-order valence-corrected chi connectivity index (χ2v) is 8.09. The zero-order valence-corrected chi connectivity index (χ0v) is 13.2. The van der Waals surface area contributed by atoms with E-state index in [2.05, 4.69) is 0 Å². The average Bonchev–Trinajstić information content (AvgIpc) is 2.80. The van der Waals surface area contributed by atoms with Gasteiger partial charge in [-0.1, -0.05) is 0 Å². The molecule has 0 aliphatic carbocycles. The summed E-state index contributed by atoms with van der Waals surface area (Å²) in [6.07, 6.45) is 3.24. The lowest BCUT2D eigenvalue weighted by Crippen LogP contribution is -2.54. The van der Waals surface area contributed by atoms with E-state index in [9.17, 15) is 23.1 Å². The third-order valence-corrected chi connectivity index (χ3v) is 5.94. The number of carbonyl (C=O) groups excluding carboxylic acids is 1. The van der Waals surface area contributed by atoms with Crippen molar-refractivity contribution in [3.8, 4) is 0 Å². The normalized spacial score (nSPS) is 28.8. The molecule has 1 amide bonds. The van der Waals surface area contributed by atoms with Crippen LogP contribution in [0.25, 0.3) is 0 Å². The highest BCUT2D eigenvalue weighted by atomic mass is 32.2. The van der Waals surface area contributed by atoms with E-state index in [-0.39, 0.29) is 11.8 Å². The van der Waals surface area contributed by atoms with Crippen molar-refractivity contribution >= 4 is 21.9 Å². The Bertz CT molecular complexity index is 539. The number of amides is 1. The van der Waals surface area contributed by atoms with Crippen molar-refractivity contribution in [2.75, 3.05) is 25.9 Å². The van der Waals surface area contributed by atoms with Crippen molar-refractivity contribution in [3.63, 3.8) is 0 Å². The zero-order chi connectivity index (χ0) is 15.8. The topological polar surface area (TPSA) is 95.0 Å². The van der Waals surface area contributed by atoms with Gasteiger partial charge in [-0.2, -0.15) is 0 Å². The molecule has 0 spiro atoms. The molecule has 1 atom stereocenters. The number of sulfonamides is 1. The van der Waals surface area contributed by atoms with Gasteiger partial charge in [0.15, 0.2) is 0 Å². The van der Waals surface area contributed by atoms with E-state index >= 15 is 0 Å². The highest BCUT2D eigenvalue weighted by Crippen LogP contribution is 2.32. The van der Waals surface area contributed by atoms with Gasteiger partial charge in [0.1, 0.15) is 5.54 Å². The molecule has 2 aliphatic heterocycles. The summed E-state index contributed by atoms with van der Waals surface area (Å²) in [6.45, 7) is 2.71. The maximum absolute atomic E-state index is 12.6. The lowest BCUT2D eigenvalue weighted by Gasteiger charge is -2.36. The fourth-order valence-corrected chi connectivity index (χ4v) is 4.07. The van der Waals surface area contributed by atoms with Crippen LogP contribution in [0.2, 0.25) is 0 Å². The van der Waals surface area contributed by atoms with Crippen molar-refractivity contribution < 1.29 is 23.1 Å². The summed E-state index contributed by atoms with van der Waals surface area (Å²) in [5, 5.41) is 9.36. The quantitative estimate of drug-likeness (QED) is 0.798. The number of likely N-dealkylation sites (tertiary alicyclic amines) is 1. The van der Waals surface area contributed by atoms with Gasteiger partial charge in [-0.05, 0) is 32.6 Å². The highest BCUT2D eigenvalue weighted by Gasteiger charge is 2.47. The van der Waals surface area contributed by atoms with Crippen LogP contribution < -0.4 is 0 Å². The van der Waals surface area contributed by atoms with Crippen LogP contribution in [0.1, 0.15) is 32.6 Å². The fraction of sp³-hybridized carbons (Fsp3) is 0.846. The molecule has 1 unspecified atom stereocenters. The Balaban J connectivity index is 2.04.